The van der Waals surface area contributed by atoms with Gasteiger partial charge in [-0.2, -0.15) is 0 Å². The normalized spacial score (nSPS) is 10.2. The number of aromatic nitrogens is 1. The van der Waals surface area contributed by atoms with Gasteiger partial charge in [-0.05, 0) is 0 Å². The summed E-state index contributed by atoms with van der Waals surface area (Å²) in [5.41, 5.74) is 0.853. The van der Waals surface area contributed by atoms with Gasteiger partial charge in [0.2, 0.25) is 5.75 Å². The first kappa shape index (κ1) is 14.7. The zero-order valence-electron chi connectivity index (χ0n) is 11.4. The Morgan fingerprint density at radius 3 is 2.25 bits per heavy atom. The fraction of sp³-hybridized carbons (Fsp3) is 0.308. The van der Waals surface area contributed by atoms with Gasteiger partial charge in [-0.15, -0.1) is 11.3 Å². The second-order valence-corrected chi connectivity index (χ2v) is 5.57. The van der Waals surface area contributed by atoms with Crippen LogP contribution in [-0.2, 0) is 6.54 Å². The molecule has 1 aromatic carbocycles. The number of thiazole rings is 1. The maximum atomic E-state index is 5.85. The first-order valence-corrected chi connectivity index (χ1v) is 7.01. The fourth-order valence-electron chi connectivity index (χ4n) is 1.73. The maximum absolute atomic E-state index is 5.85. The molecule has 20 heavy (non-hydrogen) atoms. The van der Waals surface area contributed by atoms with Crippen molar-refractivity contribution < 1.29 is 14.2 Å². The molecule has 0 amide bonds. The quantitative estimate of drug-likeness (QED) is 0.885. The molecule has 7 heteroatoms. The molecule has 0 saturated carbocycles. The molecule has 0 radical (unpaired) electrons. The van der Waals surface area contributed by atoms with Crippen molar-refractivity contribution in [2.24, 2.45) is 0 Å². The molecule has 0 saturated heterocycles. The zero-order chi connectivity index (χ0) is 14.5. The Bertz CT molecular complexity index is 564. The SMILES string of the molecule is COc1cc(NCc2ncc(Cl)s2)cc(OC)c1OC. The highest BCUT2D eigenvalue weighted by atomic mass is 35.5. The Kier molecular flexibility index (Phi) is 4.92. The van der Waals surface area contributed by atoms with Gasteiger partial charge in [0.05, 0.1) is 34.1 Å². The van der Waals surface area contributed by atoms with Gasteiger partial charge in [-0.3, -0.25) is 0 Å². The van der Waals surface area contributed by atoms with E-state index in [-0.39, 0.29) is 0 Å². The highest BCUT2D eigenvalue weighted by Gasteiger charge is 2.13. The van der Waals surface area contributed by atoms with Crippen LogP contribution in [0.25, 0.3) is 0 Å². The molecule has 2 aromatic rings. The molecule has 2 rings (SSSR count). The van der Waals surface area contributed by atoms with E-state index in [9.17, 15) is 0 Å². The number of hydrogen-bond donors (Lipinski definition) is 1. The summed E-state index contributed by atoms with van der Waals surface area (Å²) in [6, 6.07) is 3.69. The van der Waals surface area contributed by atoms with Crippen molar-refractivity contribution in [2.45, 2.75) is 6.54 Å². The summed E-state index contributed by atoms with van der Waals surface area (Å²) in [5, 5.41) is 4.15. The van der Waals surface area contributed by atoms with Crippen LogP contribution in [0.1, 0.15) is 5.01 Å². The number of hydrogen-bond acceptors (Lipinski definition) is 6. The van der Waals surface area contributed by atoms with Crippen molar-refractivity contribution in [3.05, 3.63) is 27.7 Å². The van der Waals surface area contributed by atoms with Crippen LogP contribution in [0.15, 0.2) is 18.3 Å². The number of halogens is 1. The summed E-state index contributed by atoms with van der Waals surface area (Å²) in [6.07, 6.45) is 1.64. The molecule has 0 bridgehead atoms. The first-order chi connectivity index (χ1) is 9.67. The smallest absolute Gasteiger partial charge is 0.203 e. The van der Waals surface area contributed by atoms with Gasteiger partial charge in [-0.25, -0.2) is 4.98 Å². The van der Waals surface area contributed by atoms with E-state index in [0.717, 1.165) is 10.7 Å². The van der Waals surface area contributed by atoms with E-state index < -0.39 is 0 Å². The molecule has 0 spiro atoms. The molecule has 1 N–H and O–H groups in total. The van der Waals surface area contributed by atoms with Crippen LogP contribution in [0.5, 0.6) is 17.2 Å². The highest BCUT2D eigenvalue weighted by molar-refractivity contribution is 7.15. The van der Waals surface area contributed by atoms with E-state index in [1.807, 2.05) is 12.1 Å². The molecule has 0 aliphatic rings. The predicted octanol–water partition coefficient (Wildman–Crippen LogP) is 3.43. The minimum Gasteiger partial charge on any atom is -0.493 e. The Morgan fingerprint density at radius 1 is 1.15 bits per heavy atom. The molecular formula is C13H15ClN2O3S. The van der Waals surface area contributed by atoms with Crippen molar-refractivity contribution in [1.29, 1.82) is 0 Å². The number of methoxy groups -OCH3 is 3. The number of ether oxygens (including phenoxy) is 3. The maximum Gasteiger partial charge on any atom is 0.203 e. The van der Waals surface area contributed by atoms with Gasteiger partial charge in [0.1, 0.15) is 9.34 Å². The second kappa shape index (κ2) is 6.67. The lowest BCUT2D eigenvalue weighted by Gasteiger charge is -2.14. The molecule has 0 atom stereocenters. The van der Waals surface area contributed by atoms with Crippen LogP contribution >= 0.6 is 22.9 Å². The molecule has 1 aromatic heterocycles. The van der Waals surface area contributed by atoms with Crippen LogP contribution in [0.2, 0.25) is 4.34 Å². The number of benzene rings is 1. The van der Waals surface area contributed by atoms with Crippen LogP contribution in [-0.4, -0.2) is 26.3 Å². The Hall–Kier alpha value is -1.66. The summed E-state index contributed by atoms with van der Waals surface area (Å²) in [7, 11) is 4.74. The predicted molar refractivity (Wildman–Crippen MR) is 80.5 cm³/mol. The van der Waals surface area contributed by atoms with Crippen LogP contribution in [0, 0.1) is 0 Å². The first-order valence-electron chi connectivity index (χ1n) is 5.82. The summed E-state index contributed by atoms with van der Waals surface area (Å²) < 4.78 is 16.5. The third kappa shape index (κ3) is 3.26. The van der Waals surface area contributed by atoms with Gasteiger partial charge in [0.25, 0.3) is 0 Å². The van der Waals surface area contributed by atoms with Gasteiger partial charge < -0.3 is 19.5 Å². The van der Waals surface area contributed by atoms with E-state index in [0.29, 0.717) is 28.1 Å². The van der Waals surface area contributed by atoms with E-state index in [1.54, 1.807) is 27.5 Å². The summed E-state index contributed by atoms with van der Waals surface area (Å²) >= 11 is 7.29. The van der Waals surface area contributed by atoms with Crippen LogP contribution < -0.4 is 19.5 Å². The average molecular weight is 315 g/mol. The van der Waals surface area contributed by atoms with Gasteiger partial charge in [-0.1, -0.05) is 11.6 Å². The molecule has 0 fully saturated rings. The van der Waals surface area contributed by atoms with E-state index in [4.69, 9.17) is 25.8 Å². The third-order valence-electron chi connectivity index (χ3n) is 2.63. The van der Waals surface area contributed by atoms with Crippen molar-refractivity contribution in [3.63, 3.8) is 0 Å². The third-order valence-corrected chi connectivity index (χ3v) is 3.75. The Morgan fingerprint density at radius 2 is 1.80 bits per heavy atom. The van der Waals surface area contributed by atoms with Crippen molar-refractivity contribution >= 4 is 28.6 Å². The standard InChI is InChI=1S/C13H15ClN2O3S/c1-17-9-4-8(5-10(18-2)13(9)19-3)15-7-12-16-6-11(14)20-12/h4-6,15H,7H2,1-3H3. The summed E-state index contributed by atoms with van der Waals surface area (Å²) in [6.45, 7) is 0.579. The molecule has 5 nitrogen and oxygen atoms in total. The van der Waals surface area contributed by atoms with E-state index in [2.05, 4.69) is 10.3 Å². The van der Waals surface area contributed by atoms with E-state index >= 15 is 0 Å². The largest absolute Gasteiger partial charge is 0.493 e. The number of nitrogens with one attached hydrogen (secondary N) is 1. The van der Waals surface area contributed by atoms with Crippen LogP contribution in [0.3, 0.4) is 0 Å². The van der Waals surface area contributed by atoms with Crippen molar-refractivity contribution in [2.75, 3.05) is 26.6 Å². The summed E-state index contributed by atoms with van der Waals surface area (Å²) in [4.78, 5) is 4.19. The van der Waals surface area contributed by atoms with Crippen molar-refractivity contribution in [3.8, 4) is 17.2 Å². The number of anilines is 1. The molecule has 0 unspecified atom stereocenters. The lowest BCUT2D eigenvalue weighted by Crippen LogP contribution is -2.01. The molecule has 0 aliphatic heterocycles. The molecule has 0 aliphatic carbocycles. The summed E-state index contributed by atoms with van der Waals surface area (Å²) in [5.74, 6) is 1.77. The molecule has 1 heterocycles. The molecular weight excluding hydrogens is 300 g/mol. The average Bonchev–Trinajstić information content (AvgIpc) is 2.89. The minimum absolute atomic E-state index is 0.567. The highest BCUT2D eigenvalue weighted by Crippen LogP contribution is 2.40. The lowest BCUT2D eigenvalue weighted by molar-refractivity contribution is 0.324. The van der Waals surface area contributed by atoms with E-state index in [1.165, 1.54) is 11.3 Å². The van der Waals surface area contributed by atoms with Gasteiger partial charge >= 0.3 is 0 Å². The molecule has 108 valence electrons. The Labute approximate surface area is 126 Å². The number of nitrogens with zero attached hydrogens (tertiary/aromatic N) is 1. The monoisotopic (exact) mass is 314 g/mol. The fourth-order valence-corrected chi connectivity index (χ4v) is 2.63. The van der Waals surface area contributed by atoms with Crippen molar-refractivity contribution in [1.82, 2.24) is 4.98 Å². The lowest BCUT2D eigenvalue weighted by atomic mass is 10.2. The van der Waals surface area contributed by atoms with Gasteiger partial charge in [0.15, 0.2) is 11.5 Å². The zero-order valence-corrected chi connectivity index (χ0v) is 13.0. The van der Waals surface area contributed by atoms with Crippen LogP contribution in [0.4, 0.5) is 5.69 Å². The minimum atomic E-state index is 0.567. The second-order valence-electron chi connectivity index (χ2n) is 3.83. The topological polar surface area (TPSA) is 52.6 Å². The Balaban J connectivity index is 2.19. The van der Waals surface area contributed by atoms with Gasteiger partial charge in [0, 0.05) is 17.8 Å². The number of rotatable bonds is 6.